The van der Waals surface area contributed by atoms with Crippen molar-refractivity contribution in [3.05, 3.63) is 29.7 Å². The van der Waals surface area contributed by atoms with Gasteiger partial charge in [0, 0.05) is 13.5 Å². The Bertz CT molecular complexity index is 533. The van der Waals surface area contributed by atoms with E-state index in [2.05, 4.69) is 4.98 Å². The van der Waals surface area contributed by atoms with Crippen molar-refractivity contribution in [3.63, 3.8) is 0 Å². The van der Waals surface area contributed by atoms with Gasteiger partial charge in [0.1, 0.15) is 5.52 Å². The number of fused-ring (bicyclic) bond motifs is 1. The van der Waals surface area contributed by atoms with Gasteiger partial charge in [0.25, 0.3) is 0 Å². The molecule has 5 nitrogen and oxygen atoms in total. The van der Waals surface area contributed by atoms with Crippen LogP contribution in [0.25, 0.3) is 11.1 Å². The van der Waals surface area contributed by atoms with Gasteiger partial charge in [-0.25, -0.2) is 4.98 Å². The van der Waals surface area contributed by atoms with Crippen molar-refractivity contribution in [1.82, 2.24) is 4.98 Å². The normalized spacial score (nSPS) is 12.9. The largest absolute Gasteiger partial charge is 0.481 e. The third-order valence-corrected chi connectivity index (χ3v) is 2.46. The van der Waals surface area contributed by atoms with Gasteiger partial charge in [-0.2, -0.15) is 0 Å². The molecular weight excluding hydrogens is 208 g/mol. The van der Waals surface area contributed by atoms with E-state index in [1.165, 1.54) is 0 Å². The molecule has 0 aliphatic carbocycles. The minimum Gasteiger partial charge on any atom is -0.481 e. The van der Waals surface area contributed by atoms with Crippen LogP contribution < -0.4 is 5.73 Å². The summed E-state index contributed by atoms with van der Waals surface area (Å²) < 4.78 is 5.34. The molecule has 2 rings (SSSR count). The van der Waals surface area contributed by atoms with Crippen molar-refractivity contribution in [1.29, 1.82) is 0 Å². The monoisotopic (exact) mass is 220 g/mol. The highest BCUT2D eigenvalue weighted by atomic mass is 16.4. The molecule has 0 spiro atoms. The average Bonchev–Trinajstić information content (AvgIpc) is 2.57. The Morgan fingerprint density at radius 3 is 3.00 bits per heavy atom. The van der Waals surface area contributed by atoms with Crippen molar-refractivity contribution in [2.75, 3.05) is 6.54 Å². The molecule has 2 aromatic rings. The van der Waals surface area contributed by atoms with Crippen LogP contribution in [0.3, 0.4) is 0 Å². The van der Waals surface area contributed by atoms with Crippen LogP contribution >= 0.6 is 0 Å². The molecule has 1 aromatic carbocycles. The Morgan fingerprint density at radius 1 is 1.62 bits per heavy atom. The first-order chi connectivity index (χ1) is 7.61. The molecule has 0 radical (unpaired) electrons. The van der Waals surface area contributed by atoms with Crippen LogP contribution in [-0.4, -0.2) is 22.6 Å². The Morgan fingerprint density at radius 2 is 2.38 bits per heavy atom. The molecule has 0 saturated carbocycles. The van der Waals surface area contributed by atoms with Gasteiger partial charge in [-0.1, -0.05) is 6.07 Å². The van der Waals surface area contributed by atoms with Crippen molar-refractivity contribution in [3.8, 4) is 0 Å². The number of nitrogens with two attached hydrogens (primary N) is 1. The molecule has 0 aliphatic heterocycles. The molecule has 1 unspecified atom stereocenters. The minimum atomic E-state index is -0.932. The van der Waals surface area contributed by atoms with Crippen LogP contribution in [0, 0.1) is 6.92 Å². The number of hydrogen-bond donors (Lipinski definition) is 2. The average molecular weight is 220 g/mol. The van der Waals surface area contributed by atoms with Gasteiger partial charge in [-0.05, 0) is 17.7 Å². The van der Waals surface area contributed by atoms with E-state index in [0.717, 1.165) is 5.52 Å². The zero-order valence-corrected chi connectivity index (χ0v) is 8.80. The maximum absolute atomic E-state index is 10.9. The summed E-state index contributed by atoms with van der Waals surface area (Å²) in [6.45, 7) is 1.81. The number of oxazole rings is 1. The highest BCUT2D eigenvalue weighted by Crippen LogP contribution is 2.22. The zero-order valence-electron chi connectivity index (χ0n) is 8.80. The SMILES string of the molecule is Cc1nc2ccc(C(CN)C(=O)O)cc2o1. The maximum atomic E-state index is 10.9. The molecule has 0 fully saturated rings. The Labute approximate surface area is 91.9 Å². The van der Waals surface area contributed by atoms with Crippen LogP contribution in [0.2, 0.25) is 0 Å². The minimum absolute atomic E-state index is 0.0635. The van der Waals surface area contributed by atoms with E-state index in [1.54, 1.807) is 25.1 Å². The summed E-state index contributed by atoms with van der Waals surface area (Å²) >= 11 is 0. The van der Waals surface area contributed by atoms with E-state index in [4.69, 9.17) is 15.3 Å². The summed E-state index contributed by atoms with van der Waals surface area (Å²) in [5, 5.41) is 8.98. The van der Waals surface area contributed by atoms with Crippen LogP contribution in [-0.2, 0) is 4.79 Å². The van der Waals surface area contributed by atoms with Crippen molar-refractivity contribution < 1.29 is 14.3 Å². The van der Waals surface area contributed by atoms with Crippen LogP contribution in [0.15, 0.2) is 22.6 Å². The number of carboxylic acid groups (broad SMARTS) is 1. The standard InChI is InChI=1S/C11H12N2O3/c1-6-13-9-3-2-7(4-10(9)16-6)8(5-12)11(14)15/h2-4,8H,5,12H2,1H3,(H,14,15). The molecule has 0 saturated heterocycles. The molecule has 0 amide bonds. The number of carboxylic acids is 1. The van der Waals surface area contributed by atoms with Crippen molar-refractivity contribution in [2.24, 2.45) is 5.73 Å². The summed E-state index contributed by atoms with van der Waals surface area (Å²) in [7, 11) is 0. The lowest BCUT2D eigenvalue weighted by Gasteiger charge is -2.08. The predicted molar refractivity (Wildman–Crippen MR) is 58.2 cm³/mol. The van der Waals surface area contributed by atoms with E-state index in [0.29, 0.717) is 17.0 Å². The second kappa shape index (κ2) is 3.94. The first kappa shape index (κ1) is 10.6. The maximum Gasteiger partial charge on any atom is 0.312 e. The van der Waals surface area contributed by atoms with E-state index >= 15 is 0 Å². The molecule has 5 heteroatoms. The van der Waals surface area contributed by atoms with E-state index in [9.17, 15) is 4.79 Å². The Kier molecular flexibility index (Phi) is 2.62. The van der Waals surface area contributed by atoms with Crippen LogP contribution in [0.1, 0.15) is 17.4 Å². The lowest BCUT2D eigenvalue weighted by molar-refractivity contribution is -0.138. The van der Waals surface area contributed by atoms with Gasteiger partial charge in [-0.15, -0.1) is 0 Å². The summed E-state index contributed by atoms with van der Waals surface area (Å²) in [5.74, 6) is -1.07. The fourth-order valence-electron chi connectivity index (χ4n) is 1.65. The number of benzene rings is 1. The second-order valence-electron chi connectivity index (χ2n) is 3.59. The molecule has 1 aromatic heterocycles. The summed E-state index contributed by atoms with van der Waals surface area (Å²) in [5.41, 5.74) is 7.38. The van der Waals surface area contributed by atoms with Gasteiger partial charge in [0.2, 0.25) is 0 Å². The third-order valence-electron chi connectivity index (χ3n) is 2.46. The molecule has 16 heavy (non-hydrogen) atoms. The topological polar surface area (TPSA) is 89.3 Å². The van der Waals surface area contributed by atoms with Gasteiger partial charge in [0.15, 0.2) is 11.5 Å². The molecule has 1 heterocycles. The predicted octanol–water partition coefficient (Wildman–Crippen LogP) is 1.26. The summed E-state index contributed by atoms with van der Waals surface area (Å²) in [6.07, 6.45) is 0. The highest BCUT2D eigenvalue weighted by Gasteiger charge is 2.18. The zero-order chi connectivity index (χ0) is 11.7. The molecule has 0 aliphatic rings. The van der Waals surface area contributed by atoms with Gasteiger partial charge >= 0.3 is 5.97 Å². The Hall–Kier alpha value is -1.88. The van der Waals surface area contributed by atoms with Crippen LogP contribution in [0.5, 0.6) is 0 Å². The number of hydrogen-bond acceptors (Lipinski definition) is 4. The third kappa shape index (κ3) is 1.77. The molecule has 0 bridgehead atoms. The summed E-state index contributed by atoms with van der Waals surface area (Å²) in [6, 6.07) is 5.14. The number of aryl methyl sites for hydroxylation is 1. The van der Waals surface area contributed by atoms with Gasteiger partial charge in [0.05, 0.1) is 5.92 Å². The van der Waals surface area contributed by atoms with Crippen molar-refractivity contribution in [2.45, 2.75) is 12.8 Å². The summed E-state index contributed by atoms with van der Waals surface area (Å²) in [4.78, 5) is 15.1. The number of aliphatic carboxylic acids is 1. The van der Waals surface area contributed by atoms with Gasteiger partial charge in [-0.3, -0.25) is 4.79 Å². The number of nitrogens with zero attached hydrogens (tertiary/aromatic N) is 1. The number of carbonyl (C=O) groups is 1. The lowest BCUT2D eigenvalue weighted by Crippen LogP contribution is -2.20. The molecule has 3 N–H and O–H groups in total. The molecule has 84 valence electrons. The lowest BCUT2D eigenvalue weighted by atomic mass is 9.99. The first-order valence-corrected chi connectivity index (χ1v) is 4.92. The first-order valence-electron chi connectivity index (χ1n) is 4.92. The van der Waals surface area contributed by atoms with E-state index in [1.807, 2.05) is 0 Å². The Balaban J connectivity index is 2.48. The van der Waals surface area contributed by atoms with E-state index < -0.39 is 11.9 Å². The van der Waals surface area contributed by atoms with Gasteiger partial charge < -0.3 is 15.3 Å². The fourth-order valence-corrected chi connectivity index (χ4v) is 1.65. The smallest absolute Gasteiger partial charge is 0.312 e. The second-order valence-corrected chi connectivity index (χ2v) is 3.59. The van der Waals surface area contributed by atoms with Crippen molar-refractivity contribution >= 4 is 17.1 Å². The fraction of sp³-hybridized carbons (Fsp3) is 0.273. The molecule has 1 atom stereocenters. The van der Waals surface area contributed by atoms with Crippen LogP contribution in [0.4, 0.5) is 0 Å². The molecular formula is C11H12N2O3. The van der Waals surface area contributed by atoms with E-state index in [-0.39, 0.29) is 6.54 Å². The highest BCUT2D eigenvalue weighted by molar-refractivity contribution is 5.80. The number of aromatic nitrogens is 1. The number of rotatable bonds is 3. The quantitative estimate of drug-likeness (QED) is 0.812.